The molecule has 1 aromatic carbocycles. The van der Waals surface area contributed by atoms with Crippen LogP contribution in [0.3, 0.4) is 0 Å². The van der Waals surface area contributed by atoms with E-state index in [1.807, 2.05) is 32.9 Å². The zero-order chi connectivity index (χ0) is 13.5. The van der Waals surface area contributed by atoms with Crippen molar-refractivity contribution in [1.29, 1.82) is 0 Å². The molecular formula is C15H23NO2. The van der Waals surface area contributed by atoms with Gasteiger partial charge in [0.15, 0.2) is 0 Å². The third-order valence-electron chi connectivity index (χ3n) is 3.02. The van der Waals surface area contributed by atoms with Gasteiger partial charge in [0.05, 0.1) is 6.10 Å². The smallest absolute Gasteiger partial charge is 0.251 e. The maximum Gasteiger partial charge on any atom is 0.251 e. The SMILES string of the molecule is CC[C@@H](C)NC(=O)c1ccc(O[C@H](C)CC)cc1. The molecule has 0 aliphatic heterocycles. The zero-order valence-electron chi connectivity index (χ0n) is 11.7. The van der Waals surface area contributed by atoms with Crippen LogP contribution in [0.25, 0.3) is 0 Å². The second-order valence-corrected chi connectivity index (χ2v) is 4.64. The van der Waals surface area contributed by atoms with Gasteiger partial charge in [0.1, 0.15) is 5.75 Å². The predicted molar refractivity (Wildman–Crippen MR) is 74.0 cm³/mol. The minimum atomic E-state index is -0.0283. The van der Waals surface area contributed by atoms with E-state index in [1.165, 1.54) is 0 Å². The van der Waals surface area contributed by atoms with Crippen LogP contribution in [0.1, 0.15) is 50.9 Å². The topological polar surface area (TPSA) is 38.3 Å². The second kappa shape index (κ2) is 7.04. The van der Waals surface area contributed by atoms with Gasteiger partial charge in [-0.15, -0.1) is 0 Å². The maximum absolute atomic E-state index is 11.9. The van der Waals surface area contributed by atoms with Crippen LogP contribution in [-0.2, 0) is 0 Å². The minimum Gasteiger partial charge on any atom is -0.491 e. The molecule has 1 amide bonds. The average Bonchev–Trinajstić information content (AvgIpc) is 2.39. The molecular weight excluding hydrogens is 226 g/mol. The van der Waals surface area contributed by atoms with Gasteiger partial charge in [-0.05, 0) is 51.0 Å². The Morgan fingerprint density at radius 2 is 1.78 bits per heavy atom. The van der Waals surface area contributed by atoms with E-state index in [1.54, 1.807) is 12.1 Å². The van der Waals surface area contributed by atoms with Crippen LogP contribution in [0.4, 0.5) is 0 Å². The number of ether oxygens (including phenoxy) is 1. The first-order chi connectivity index (χ1) is 8.56. The Morgan fingerprint density at radius 3 is 2.28 bits per heavy atom. The molecule has 1 aromatic rings. The quantitative estimate of drug-likeness (QED) is 0.839. The summed E-state index contributed by atoms with van der Waals surface area (Å²) >= 11 is 0. The Kier molecular flexibility index (Phi) is 5.69. The molecule has 0 radical (unpaired) electrons. The first-order valence-electron chi connectivity index (χ1n) is 6.64. The van der Waals surface area contributed by atoms with Crippen LogP contribution in [0, 0.1) is 0 Å². The Balaban J connectivity index is 2.62. The lowest BCUT2D eigenvalue weighted by molar-refractivity contribution is 0.0939. The molecule has 0 unspecified atom stereocenters. The lowest BCUT2D eigenvalue weighted by Crippen LogP contribution is -2.31. The van der Waals surface area contributed by atoms with E-state index in [0.717, 1.165) is 18.6 Å². The fourth-order valence-corrected chi connectivity index (χ4v) is 1.41. The second-order valence-electron chi connectivity index (χ2n) is 4.64. The van der Waals surface area contributed by atoms with Crippen molar-refractivity contribution in [2.24, 2.45) is 0 Å². The molecule has 1 N–H and O–H groups in total. The summed E-state index contributed by atoms with van der Waals surface area (Å²) in [5, 5.41) is 2.94. The van der Waals surface area contributed by atoms with E-state index in [4.69, 9.17) is 4.74 Å². The Bertz CT molecular complexity index is 373. The zero-order valence-corrected chi connectivity index (χ0v) is 11.7. The number of amides is 1. The van der Waals surface area contributed by atoms with E-state index < -0.39 is 0 Å². The monoisotopic (exact) mass is 249 g/mol. The highest BCUT2D eigenvalue weighted by atomic mass is 16.5. The normalized spacial score (nSPS) is 13.8. The highest BCUT2D eigenvalue weighted by molar-refractivity contribution is 5.94. The van der Waals surface area contributed by atoms with Crippen LogP contribution < -0.4 is 10.1 Å². The molecule has 2 atom stereocenters. The number of hydrogen-bond donors (Lipinski definition) is 1. The van der Waals surface area contributed by atoms with Gasteiger partial charge in [-0.3, -0.25) is 4.79 Å². The molecule has 3 heteroatoms. The molecule has 100 valence electrons. The Labute approximate surface area is 110 Å². The maximum atomic E-state index is 11.9. The fourth-order valence-electron chi connectivity index (χ4n) is 1.41. The van der Waals surface area contributed by atoms with Gasteiger partial charge in [0, 0.05) is 11.6 Å². The van der Waals surface area contributed by atoms with Gasteiger partial charge >= 0.3 is 0 Å². The third kappa shape index (κ3) is 4.40. The molecule has 0 aliphatic carbocycles. The van der Waals surface area contributed by atoms with Gasteiger partial charge in [-0.25, -0.2) is 0 Å². The summed E-state index contributed by atoms with van der Waals surface area (Å²) in [5.74, 6) is 0.781. The Morgan fingerprint density at radius 1 is 1.17 bits per heavy atom. The molecule has 0 saturated heterocycles. The molecule has 1 rings (SSSR count). The molecule has 0 fully saturated rings. The lowest BCUT2D eigenvalue weighted by Gasteiger charge is -2.14. The summed E-state index contributed by atoms with van der Waals surface area (Å²) in [5.41, 5.74) is 0.673. The van der Waals surface area contributed by atoms with E-state index >= 15 is 0 Å². The summed E-state index contributed by atoms with van der Waals surface area (Å²) < 4.78 is 5.67. The van der Waals surface area contributed by atoms with E-state index in [9.17, 15) is 4.79 Å². The lowest BCUT2D eigenvalue weighted by atomic mass is 10.2. The minimum absolute atomic E-state index is 0.0283. The van der Waals surface area contributed by atoms with Crippen LogP contribution in [0.2, 0.25) is 0 Å². The van der Waals surface area contributed by atoms with Crippen molar-refractivity contribution < 1.29 is 9.53 Å². The largest absolute Gasteiger partial charge is 0.491 e. The van der Waals surface area contributed by atoms with Gasteiger partial charge in [-0.2, -0.15) is 0 Å². The average molecular weight is 249 g/mol. The van der Waals surface area contributed by atoms with Crippen molar-refractivity contribution in [2.45, 2.75) is 52.7 Å². The van der Waals surface area contributed by atoms with E-state index in [-0.39, 0.29) is 18.1 Å². The highest BCUT2D eigenvalue weighted by Gasteiger charge is 2.08. The van der Waals surface area contributed by atoms with Crippen molar-refractivity contribution in [3.63, 3.8) is 0 Å². The number of benzene rings is 1. The first kappa shape index (κ1) is 14.6. The number of nitrogens with one attached hydrogen (secondary N) is 1. The summed E-state index contributed by atoms with van der Waals surface area (Å²) in [6, 6.07) is 7.49. The number of rotatable bonds is 6. The van der Waals surface area contributed by atoms with Crippen molar-refractivity contribution in [3.05, 3.63) is 29.8 Å². The molecule has 0 saturated carbocycles. The van der Waals surface area contributed by atoms with E-state index in [0.29, 0.717) is 5.56 Å². The van der Waals surface area contributed by atoms with Crippen molar-refractivity contribution >= 4 is 5.91 Å². The summed E-state index contributed by atoms with van der Waals surface area (Å²) in [7, 11) is 0. The summed E-state index contributed by atoms with van der Waals surface area (Å²) in [6.45, 7) is 8.16. The van der Waals surface area contributed by atoms with Crippen molar-refractivity contribution in [3.8, 4) is 5.75 Å². The summed E-state index contributed by atoms with van der Waals surface area (Å²) in [6.07, 6.45) is 2.10. The predicted octanol–water partition coefficient (Wildman–Crippen LogP) is 3.39. The molecule has 0 heterocycles. The molecule has 3 nitrogen and oxygen atoms in total. The number of carbonyl (C=O) groups is 1. The third-order valence-corrected chi connectivity index (χ3v) is 3.02. The van der Waals surface area contributed by atoms with Crippen LogP contribution in [0.15, 0.2) is 24.3 Å². The van der Waals surface area contributed by atoms with Gasteiger partial charge in [0.2, 0.25) is 0 Å². The van der Waals surface area contributed by atoms with Gasteiger partial charge in [0.25, 0.3) is 5.91 Å². The molecule has 0 spiro atoms. The molecule has 0 aliphatic rings. The van der Waals surface area contributed by atoms with Crippen molar-refractivity contribution in [1.82, 2.24) is 5.32 Å². The van der Waals surface area contributed by atoms with E-state index in [2.05, 4.69) is 12.2 Å². The van der Waals surface area contributed by atoms with Crippen LogP contribution in [-0.4, -0.2) is 18.1 Å². The Hall–Kier alpha value is -1.51. The number of carbonyl (C=O) groups excluding carboxylic acids is 1. The molecule has 0 aromatic heterocycles. The standard InChI is InChI=1S/C15H23NO2/c1-5-11(3)16-15(17)13-7-9-14(10-8-13)18-12(4)6-2/h7-12H,5-6H2,1-4H3,(H,16,17)/t11-,12-/m1/s1. The molecule has 18 heavy (non-hydrogen) atoms. The first-order valence-corrected chi connectivity index (χ1v) is 6.64. The van der Waals surface area contributed by atoms with Crippen molar-refractivity contribution in [2.75, 3.05) is 0 Å². The van der Waals surface area contributed by atoms with Crippen LogP contribution in [0.5, 0.6) is 5.75 Å². The van der Waals surface area contributed by atoms with Crippen LogP contribution >= 0.6 is 0 Å². The van der Waals surface area contributed by atoms with Gasteiger partial charge in [-0.1, -0.05) is 13.8 Å². The summed E-state index contributed by atoms with van der Waals surface area (Å²) in [4.78, 5) is 11.9. The number of hydrogen-bond acceptors (Lipinski definition) is 2. The van der Waals surface area contributed by atoms with Gasteiger partial charge < -0.3 is 10.1 Å². The fraction of sp³-hybridized carbons (Fsp3) is 0.533. The molecule has 0 bridgehead atoms. The highest BCUT2D eigenvalue weighted by Crippen LogP contribution is 2.15.